The Hall–Kier alpha value is -0.160. The molecule has 0 aromatic rings. The van der Waals surface area contributed by atoms with Crippen molar-refractivity contribution in [2.24, 2.45) is 11.8 Å². The smallest absolute Gasteiger partial charge is 0.0433 e. The Labute approximate surface area is 124 Å². The van der Waals surface area contributed by atoms with Crippen LogP contribution in [0.25, 0.3) is 0 Å². The highest BCUT2D eigenvalue weighted by atomic mass is 16.3. The van der Waals surface area contributed by atoms with E-state index in [4.69, 9.17) is 20.4 Å². The average molecular weight is 292 g/mol. The second kappa shape index (κ2) is 18.8. The lowest BCUT2D eigenvalue weighted by atomic mass is 10.0. The lowest BCUT2D eigenvalue weighted by Gasteiger charge is -2.07. The van der Waals surface area contributed by atoms with Crippen LogP contribution in [0.4, 0.5) is 0 Å². The third-order valence-corrected chi connectivity index (χ3v) is 3.44. The summed E-state index contributed by atoms with van der Waals surface area (Å²) < 4.78 is 0. The lowest BCUT2D eigenvalue weighted by molar-refractivity contribution is 0.248. The Morgan fingerprint density at radius 3 is 1.30 bits per heavy atom. The quantitative estimate of drug-likeness (QED) is 0.416. The third kappa shape index (κ3) is 20.2. The molecule has 4 heteroatoms. The Morgan fingerprint density at radius 1 is 0.500 bits per heavy atom. The molecule has 0 aliphatic rings. The van der Waals surface area contributed by atoms with Crippen LogP contribution in [0.5, 0.6) is 0 Å². The fourth-order valence-corrected chi connectivity index (χ4v) is 1.99. The molecular weight excluding hydrogens is 256 g/mol. The number of hydrogen-bond donors (Lipinski definition) is 4. The lowest BCUT2D eigenvalue weighted by Crippen LogP contribution is -1.98. The largest absolute Gasteiger partial charge is 0.396 e. The van der Waals surface area contributed by atoms with Crippen molar-refractivity contribution in [3.05, 3.63) is 0 Å². The van der Waals surface area contributed by atoms with Gasteiger partial charge in [-0.15, -0.1) is 0 Å². The summed E-state index contributed by atoms with van der Waals surface area (Å²) >= 11 is 0. The highest BCUT2D eigenvalue weighted by Gasteiger charge is 2.00. The Balaban J connectivity index is 0. The minimum absolute atomic E-state index is 0.292. The second-order valence-corrected chi connectivity index (χ2v) is 5.67. The molecule has 0 bridgehead atoms. The van der Waals surface area contributed by atoms with Gasteiger partial charge in [0, 0.05) is 26.4 Å². The summed E-state index contributed by atoms with van der Waals surface area (Å²) in [6.07, 6.45) is 7.95. The summed E-state index contributed by atoms with van der Waals surface area (Å²) in [5.74, 6) is 1.26. The number of aliphatic hydroxyl groups is 4. The molecule has 0 rings (SSSR count). The van der Waals surface area contributed by atoms with Gasteiger partial charge >= 0.3 is 0 Å². The number of unbranched alkanes of at least 4 members (excludes halogenated alkanes) is 1. The molecule has 1 atom stereocenters. The summed E-state index contributed by atoms with van der Waals surface area (Å²) in [6, 6.07) is 0. The predicted octanol–water partition coefficient (Wildman–Crippen LogP) is 2.34. The van der Waals surface area contributed by atoms with E-state index in [0.717, 1.165) is 51.4 Å². The van der Waals surface area contributed by atoms with Gasteiger partial charge < -0.3 is 20.4 Å². The Kier molecular flexibility index (Phi) is 20.8. The van der Waals surface area contributed by atoms with Crippen LogP contribution in [-0.2, 0) is 0 Å². The molecule has 0 amide bonds. The van der Waals surface area contributed by atoms with Gasteiger partial charge in [-0.3, -0.25) is 0 Å². The molecule has 20 heavy (non-hydrogen) atoms. The maximum absolute atomic E-state index is 8.54. The maximum atomic E-state index is 8.54. The van der Waals surface area contributed by atoms with Crippen LogP contribution in [-0.4, -0.2) is 46.9 Å². The molecule has 0 saturated carbocycles. The standard InChI is InChI=1S/2C8H18O2/c1-8(4-2-6-9)5-3-7-10;1-8(5-7-10)4-2-3-6-9/h2*8-10H,2-7H2,1H3. The van der Waals surface area contributed by atoms with Crippen molar-refractivity contribution < 1.29 is 20.4 Å². The van der Waals surface area contributed by atoms with Gasteiger partial charge in [0.25, 0.3) is 0 Å². The van der Waals surface area contributed by atoms with Crippen LogP contribution >= 0.6 is 0 Å². The SMILES string of the molecule is CC(CCCO)CCCO.CC(CCO)CCCCO. The first-order chi connectivity index (χ1) is 9.62. The normalized spacial score (nSPS) is 12.2. The van der Waals surface area contributed by atoms with Crippen LogP contribution in [0.2, 0.25) is 0 Å². The van der Waals surface area contributed by atoms with Gasteiger partial charge in [-0.1, -0.05) is 26.7 Å². The fourth-order valence-electron chi connectivity index (χ4n) is 1.99. The van der Waals surface area contributed by atoms with Gasteiger partial charge in [-0.05, 0) is 50.4 Å². The third-order valence-electron chi connectivity index (χ3n) is 3.44. The van der Waals surface area contributed by atoms with Gasteiger partial charge in [-0.25, -0.2) is 0 Å². The molecule has 0 fully saturated rings. The van der Waals surface area contributed by atoms with Crippen molar-refractivity contribution in [1.82, 2.24) is 0 Å². The molecule has 0 radical (unpaired) electrons. The van der Waals surface area contributed by atoms with Crippen molar-refractivity contribution >= 4 is 0 Å². The van der Waals surface area contributed by atoms with Gasteiger partial charge in [0.05, 0.1) is 0 Å². The topological polar surface area (TPSA) is 80.9 Å². The zero-order valence-electron chi connectivity index (χ0n) is 13.4. The van der Waals surface area contributed by atoms with Crippen LogP contribution < -0.4 is 0 Å². The summed E-state index contributed by atoms with van der Waals surface area (Å²) in [7, 11) is 0. The second-order valence-electron chi connectivity index (χ2n) is 5.67. The Bertz CT molecular complexity index is 157. The fraction of sp³-hybridized carbons (Fsp3) is 1.00. The van der Waals surface area contributed by atoms with E-state index in [-0.39, 0.29) is 0 Å². The van der Waals surface area contributed by atoms with Gasteiger partial charge in [0.15, 0.2) is 0 Å². The van der Waals surface area contributed by atoms with Crippen LogP contribution in [0.15, 0.2) is 0 Å². The minimum Gasteiger partial charge on any atom is -0.396 e. The van der Waals surface area contributed by atoms with Crippen LogP contribution in [0.3, 0.4) is 0 Å². The van der Waals surface area contributed by atoms with Crippen LogP contribution in [0.1, 0.15) is 65.2 Å². The monoisotopic (exact) mass is 292 g/mol. The van der Waals surface area contributed by atoms with Crippen molar-refractivity contribution in [2.75, 3.05) is 26.4 Å². The predicted molar refractivity (Wildman–Crippen MR) is 83.6 cm³/mol. The average Bonchev–Trinajstić information content (AvgIpc) is 2.44. The number of rotatable bonds is 12. The summed E-state index contributed by atoms with van der Waals surface area (Å²) in [5.41, 5.74) is 0. The van der Waals surface area contributed by atoms with E-state index in [1.165, 1.54) is 0 Å². The van der Waals surface area contributed by atoms with Crippen molar-refractivity contribution in [3.8, 4) is 0 Å². The van der Waals surface area contributed by atoms with E-state index in [1.54, 1.807) is 0 Å². The van der Waals surface area contributed by atoms with Crippen molar-refractivity contribution in [3.63, 3.8) is 0 Å². The van der Waals surface area contributed by atoms with Crippen molar-refractivity contribution in [1.29, 1.82) is 0 Å². The highest BCUT2D eigenvalue weighted by Crippen LogP contribution is 2.11. The molecule has 0 aromatic heterocycles. The summed E-state index contributed by atoms with van der Waals surface area (Å²) in [4.78, 5) is 0. The zero-order chi connectivity index (χ0) is 15.6. The van der Waals surface area contributed by atoms with Gasteiger partial charge in [0.1, 0.15) is 0 Å². The molecular formula is C16H36O4. The molecule has 0 heterocycles. The first-order valence-corrected chi connectivity index (χ1v) is 8.05. The molecule has 0 saturated heterocycles. The highest BCUT2D eigenvalue weighted by molar-refractivity contribution is 4.52. The van der Waals surface area contributed by atoms with Crippen LogP contribution in [0, 0.1) is 11.8 Å². The number of hydrogen-bond acceptors (Lipinski definition) is 4. The van der Waals surface area contributed by atoms with Gasteiger partial charge in [-0.2, -0.15) is 0 Å². The zero-order valence-corrected chi connectivity index (χ0v) is 13.4. The van der Waals surface area contributed by atoms with E-state index in [0.29, 0.717) is 38.3 Å². The molecule has 0 aromatic carbocycles. The number of aliphatic hydroxyl groups excluding tert-OH is 4. The van der Waals surface area contributed by atoms with Crippen molar-refractivity contribution in [2.45, 2.75) is 65.2 Å². The molecule has 124 valence electrons. The van der Waals surface area contributed by atoms with E-state index in [1.807, 2.05) is 0 Å². The first kappa shape index (κ1) is 22.1. The molecule has 4 nitrogen and oxygen atoms in total. The van der Waals surface area contributed by atoms with Gasteiger partial charge in [0.2, 0.25) is 0 Å². The van der Waals surface area contributed by atoms with E-state index < -0.39 is 0 Å². The molecule has 1 unspecified atom stereocenters. The molecule has 0 spiro atoms. The maximum Gasteiger partial charge on any atom is 0.0433 e. The first-order valence-electron chi connectivity index (χ1n) is 8.05. The molecule has 4 N–H and O–H groups in total. The van der Waals surface area contributed by atoms with E-state index in [9.17, 15) is 0 Å². The van der Waals surface area contributed by atoms with E-state index >= 15 is 0 Å². The Morgan fingerprint density at radius 2 is 0.900 bits per heavy atom. The summed E-state index contributed by atoms with van der Waals surface area (Å²) in [6.45, 7) is 5.47. The minimum atomic E-state index is 0.292. The molecule has 0 aliphatic carbocycles. The van der Waals surface area contributed by atoms with E-state index in [2.05, 4.69) is 13.8 Å². The molecule has 0 aliphatic heterocycles. The summed E-state index contributed by atoms with van der Waals surface area (Å²) in [5, 5.41) is 34.0.